The Bertz CT molecular complexity index is 381. The molecule has 1 aromatic carbocycles. The molecule has 0 unspecified atom stereocenters. The molecule has 0 aliphatic heterocycles. The second-order valence-electron chi connectivity index (χ2n) is 3.94. The Hall–Kier alpha value is -1.00. The van der Waals surface area contributed by atoms with E-state index in [1.165, 1.54) is 6.07 Å². The van der Waals surface area contributed by atoms with E-state index in [1.807, 2.05) is 0 Å². The molecule has 2 atom stereocenters. The van der Waals surface area contributed by atoms with Gasteiger partial charge in [0, 0.05) is 6.07 Å². The van der Waals surface area contributed by atoms with E-state index in [9.17, 15) is 13.9 Å². The molecule has 1 aliphatic carbocycles. The van der Waals surface area contributed by atoms with Crippen LogP contribution >= 0.6 is 0 Å². The smallest absolute Gasteiger partial charge is 0.129 e. The maximum absolute atomic E-state index is 13.4. The van der Waals surface area contributed by atoms with Gasteiger partial charge in [0.2, 0.25) is 0 Å². The Morgan fingerprint density at radius 3 is 2.80 bits per heavy atom. The Kier molecular flexibility index (Phi) is 2.71. The number of benzene rings is 1. The zero-order valence-electron chi connectivity index (χ0n) is 8.21. The molecule has 2 nitrogen and oxygen atoms in total. The van der Waals surface area contributed by atoms with Crippen LogP contribution in [0.3, 0.4) is 0 Å². The van der Waals surface area contributed by atoms with Gasteiger partial charge >= 0.3 is 0 Å². The highest BCUT2D eigenvalue weighted by Gasteiger charge is 2.25. The molecule has 15 heavy (non-hydrogen) atoms. The third-order valence-electron chi connectivity index (χ3n) is 2.90. The molecule has 0 radical (unpaired) electrons. The van der Waals surface area contributed by atoms with E-state index in [-0.39, 0.29) is 0 Å². The van der Waals surface area contributed by atoms with Crippen LogP contribution in [0.15, 0.2) is 12.1 Å². The zero-order valence-corrected chi connectivity index (χ0v) is 8.21. The molecule has 3 N–H and O–H groups in total. The van der Waals surface area contributed by atoms with Crippen molar-refractivity contribution in [2.24, 2.45) is 5.73 Å². The summed E-state index contributed by atoms with van der Waals surface area (Å²) >= 11 is 0. The summed E-state index contributed by atoms with van der Waals surface area (Å²) in [5, 5.41) is 9.62. The summed E-state index contributed by atoms with van der Waals surface area (Å²) in [6.07, 6.45) is 0.987. The maximum Gasteiger partial charge on any atom is 0.129 e. The van der Waals surface area contributed by atoms with Gasteiger partial charge in [-0.05, 0) is 36.5 Å². The van der Waals surface area contributed by atoms with Crippen molar-refractivity contribution in [2.75, 3.05) is 0 Å². The van der Waals surface area contributed by atoms with Gasteiger partial charge in [-0.25, -0.2) is 8.78 Å². The fourth-order valence-electron chi connectivity index (χ4n) is 2.06. The summed E-state index contributed by atoms with van der Waals surface area (Å²) in [4.78, 5) is 0. The molecule has 4 heteroatoms. The number of hydrogen-bond donors (Lipinski definition) is 2. The number of nitrogens with two attached hydrogens (primary N) is 1. The topological polar surface area (TPSA) is 46.2 Å². The van der Waals surface area contributed by atoms with Crippen LogP contribution in [-0.4, -0.2) is 11.2 Å². The second kappa shape index (κ2) is 3.87. The van der Waals surface area contributed by atoms with Crippen molar-refractivity contribution >= 4 is 0 Å². The van der Waals surface area contributed by atoms with E-state index >= 15 is 0 Å². The predicted molar refractivity (Wildman–Crippen MR) is 52.2 cm³/mol. The summed E-state index contributed by atoms with van der Waals surface area (Å²) in [5.41, 5.74) is 6.59. The van der Waals surface area contributed by atoms with Crippen LogP contribution in [0.4, 0.5) is 8.78 Å². The van der Waals surface area contributed by atoms with Gasteiger partial charge in [0.1, 0.15) is 11.6 Å². The fraction of sp³-hybridized carbons (Fsp3) is 0.455. The van der Waals surface area contributed by atoms with Crippen molar-refractivity contribution in [1.29, 1.82) is 0 Å². The maximum atomic E-state index is 13.4. The van der Waals surface area contributed by atoms with Gasteiger partial charge in [0.05, 0.1) is 12.1 Å². The number of halogens is 2. The highest BCUT2D eigenvalue weighted by Crippen LogP contribution is 2.29. The number of rotatable bonds is 0. The lowest BCUT2D eigenvalue weighted by Crippen LogP contribution is -2.25. The fourth-order valence-corrected chi connectivity index (χ4v) is 2.06. The van der Waals surface area contributed by atoms with Crippen LogP contribution in [-0.2, 0) is 6.42 Å². The first-order valence-corrected chi connectivity index (χ1v) is 5.01. The molecule has 2 rings (SSSR count). The molecule has 1 aliphatic rings. The lowest BCUT2D eigenvalue weighted by Gasteiger charge is -2.17. The van der Waals surface area contributed by atoms with Crippen LogP contribution in [0.2, 0.25) is 0 Å². The molecule has 0 heterocycles. The van der Waals surface area contributed by atoms with Crippen LogP contribution in [0, 0.1) is 11.6 Å². The highest BCUT2D eigenvalue weighted by atomic mass is 19.1. The molecule has 0 aromatic heterocycles. The quantitative estimate of drug-likeness (QED) is 0.644. The Morgan fingerprint density at radius 1 is 1.33 bits per heavy atom. The van der Waals surface area contributed by atoms with Gasteiger partial charge in [-0.3, -0.25) is 0 Å². The molecule has 0 fully saturated rings. The van der Waals surface area contributed by atoms with Gasteiger partial charge in [0.25, 0.3) is 0 Å². The summed E-state index contributed by atoms with van der Waals surface area (Å²) in [6, 6.07) is 1.40. The van der Waals surface area contributed by atoms with Crippen molar-refractivity contribution in [2.45, 2.75) is 31.4 Å². The summed E-state index contributed by atoms with van der Waals surface area (Å²) in [5.74, 6) is -1.20. The van der Waals surface area contributed by atoms with Crippen LogP contribution in [0.25, 0.3) is 0 Å². The lowest BCUT2D eigenvalue weighted by molar-refractivity contribution is 0.136. The van der Waals surface area contributed by atoms with Gasteiger partial charge in [-0.1, -0.05) is 0 Å². The summed E-state index contributed by atoms with van der Waals surface area (Å²) in [7, 11) is 0. The van der Waals surface area contributed by atoms with Gasteiger partial charge in [0.15, 0.2) is 0 Å². The van der Waals surface area contributed by atoms with E-state index in [2.05, 4.69) is 0 Å². The van der Waals surface area contributed by atoms with Crippen molar-refractivity contribution in [1.82, 2.24) is 0 Å². The van der Waals surface area contributed by atoms with E-state index in [0.29, 0.717) is 30.4 Å². The van der Waals surface area contributed by atoms with E-state index in [0.717, 1.165) is 6.07 Å². The summed E-state index contributed by atoms with van der Waals surface area (Å²) < 4.78 is 26.4. The molecular formula is C11H13F2NO. The largest absolute Gasteiger partial charge is 0.391 e. The molecule has 0 amide bonds. The number of aliphatic hydroxyl groups is 1. The molecule has 0 bridgehead atoms. The second-order valence-corrected chi connectivity index (χ2v) is 3.94. The Balaban J connectivity index is 2.53. The van der Waals surface area contributed by atoms with Gasteiger partial charge in [-0.15, -0.1) is 0 Å². The monoisotopic (exact) mass is 213 g/mol. The molecule has 0 saturated heterocycles. The molecule has 82 valence electrons. The number of aliphatic hydroxyl groups excluding tert-OH is 1. The van der Waals surface area contributed by atoms with Crippen molar-refractivity contribution in [3.05, 3.63) is 34.9 Å². The highest BCUT2D eigenvalue weighted by molar-refractivity contribution is 5.33. The molecule has 0 spiro atoms. The van der Waals surface area contributed by atoms with Gasteiger partial charge < -0.3 is 10.8 Å². The first kappa shape index (κ1) is 10.5. The first-order chi connectivity index (χ1) is 7.09. The Labute approximate surface area is 86.7 Å². The minimum Gasteiger partial charge on any atom is -0.391 e. The van der Waals surface area contributed by atoms with Crippen LogP contribution < -0.4 is 5.73 Å². The van der Waals surface area contributed by atoms with Crippen LogP contribution in [0.5, 0.6) is 0 Å². The van der Waals surface area contributed by atoms with E-state index in [1.54, 1.807) is 0 Å². The van der Waals surface area contributed by atoms with E-state index in [4.69, 9.17) is 5.73 Å². The molecule has 0 saturated carbocycles. The third-order valence-corrected chi connectivity index (χ3v) is 2.90. The average Bonchev–Trinajstić information content (AvgIpc) is 2.30. The van der Waals surface area contributed by atoms with E-state index < -0.39 is 23.8 Å². The normalized spacial score (nSPS) is 25.9. The average molecular weight is 213 g/mol. The molecular weight excluding hydrogens is 200 g/mol. The Morgan fingerprint density at radius 2 is 2.07 bits per heavy atom. The minimum absolute atomic E-state index is 0.400. The predicted octanol–water partition coefficient (Wildman–Crippen LogP) is 1.66. The number of hydrogen-bond acceptors (Lipinski definition) is 2. The van der Waals surface area contributed by atoms with Crippen LogP contribution in [0.1, 0.15) is 30.0 Å². The third kappa shape index (κ3) is 1.87. The lowest BCUT2D eigenvalue weighted by atomic mass is 9.98. The van der Waals surface area contributed by atoms with Crippen molar-refractivity contribution < 1.29 is 13.9 Å². The zero-order chi connectivity index (χ0) is 11.0. The SMILES string of the molecule is N[C@H]1c2cc(F)cc(F)c2CCC[C@H]1O. The van der Waals surface area contributed by atoms with Gasteiger partial charge in [-0.2, -0.15) is 0 Å². The summed E-state index contributed by atoms with van der Waals surface area (Å²) in [6.45, 7) is 0. The molecule has 1 aromatic rings. The minimum atomic E-state index is -0.715. The first-order valence-electron chi connectivity index (χ1n) is 5.01. The standard InChI is InChI=1S/C11H13F2NO/c12-6-4-8-7(9(13)5-6)2-1-3-10(15)11(8)14/h4-5,10-11,15H,1-3,14H2/t10-,11+/m1/s1. The van der Waals surface area contributed by atoms with Crippen molar-refractivity contribution in [3.8, 4) is 0 Å². The number of fused-ring (bicyclic) bond motifs is 1. The van der Waals surface area contributed by atoms with Crippen molar-refractivity contribution in [3.63, 3.8) is 0 Å².